The molecule has 210 valence electrons. The summed E-state index contributed by atoms with van der Waals surface area (Å²) in [4.78, 5) is 25.4. The second-order valence-corrected chi connectivity index (χ2v) is 12.3. The number of carbonyl (C=O) groups is 2. The van der Waals surface area contributed by atoms with Crippen molar-refractivity contribution in [3.63, 3.8) is 0 Å². The van der Waals surface area contributed by atoms with Crippen molar-refractivity contribution < 1.29 is 33.3 Å². The first kappa shape index (κ1) is 29.3. The van der Waals surface area contributed by atoms with E-state index in [-0.39, 0.29) is 22.8 Å². The summed E-state index contributed by atoms with van der Waals surface area (Å²) in [7, 11) is -3.48. The van der Waals surface area contributed by atoms with Gasteiger partial charge in [0, 0.05) is 52.8 Å². The maximum Gasteiger partial charge on any atom is 0.337 e. The van der Waals surface area contributed by atoms with Crippen LogP contribution in [-0.4, -0.2) is 51.5 Å². The maximum absolute atomic E-state index is 12.3. The minimum absolute atomic E-state index is 0.00683. The monoisotopic (exact) mass is 584 g/mol. The first-order chi connectivity index (χ1) is 18.9. The molecule has 0 amide bonds. The first-order valence-electron chi connectivity index (χ1n) is 12.5. The Morgan fingerprint density at radius 3 is 2.38 bits per heavy atom. The summed E-state index contributed by atoms with van der Waals surface area (Å²) in [5, 5.41) is 29.7. The van der Waals surface area contributed by atoms with E-state index in [1.165, 1.54) is 24.5 Å². The van der Waals surface area contributed by atoms with Crippen LogP contribution in [0.4, 0.5) is 0 Å². The molecule has 2 aromatic heterocycles. The van der Waals surface area contributed by atoms with Crippen LogP contribution in [-0.2, 0) is 27.6 Å². The van der Waals surface area contributed by atoms with Crippen molar-refractivity contribution in [3.05, 3.63) is 93.9 Å². The molecule has 11 heteroatoms. The molecular weight excluding hydrogens is 556 g/mol. The van der Waals surface area contributed by atoms with E-state index in [0.29, 0.717) is 30.0 Å². The van der Waals surface area contributed by atoms with Gasteiger partial charge in [-0.15, -0.1) is 0 Å². The Bertz CT molecular complexity index is 1660. The van der Waals surface area contributed by atoms with Crippen molar-refractivity contribution in [3.8, 4) is 0 Å². The Labute approximate surface area is 236 Å². The smallest absolute Gasteiger partial charge is 0.337 e. The van der Waals surface area contributed by atoms with Crippen molar-refractivity contribution in [1.29, 1.82) is 0 Å². The van der Waals surface area contributed by atoms with Crippen LogP contribution >= 0.6 is 11.6 Å². The molecule has 9 nitrogen and oxygen atoms in total. The third-order valence-corrected chi connectivity index (χ3v) is 8.24. The Hall–Kier alpha value is -3.73. The number of sulfone groups is 1. The number of halogens is 1. The summed E-state index contributed by atoms with van der Waals surface area (Å²) in [6.07, 6.45) is 4.48. The molecule has 4 aromatic rings. The third kappa shape index (κ3) is 6.35. The highest BCUT2D eigenvalue weighted by molar-refractivity contribution is 7.90. The Balaban J connectivity index is 0.000000350. The largest absolute Gasteiger partial charge is 0.481 e. The van der Waals surface area contributed by atoms with E-state index in [2.05, 4.69) is 9.55 Å². The van der Waals surface area contributed by atoms with Crippen molar-refractivity contribution in [2.75, 3.05) is 6.26 Å². The second kappa shape index (κ2) is 11.8. The minimum Gasteiger partial charge on any atom is -0.481 e. The van der Waals surface area contributed by atoms with Gasteiger partial charge in [-0.25, -0.2) is 13.2 Å². The van der Waals surface area contributed by atoms with Gasteiger partial charge in [0.25, 0.3) is 0 Å². The number of rotatable bonds is 7. The number of hydrogen-bond donors (Lipinski definition) is 3. The summed E-state index contributed by atoms with van der Waals surface area (Å²) < 4.78 is 26.7. The molecule has 0 spiro atoms. The zero-order valence-corrected chi connectivity index (χ0v) is 23.5. The van der Waals surface area contributed by atoms with Crippen LogP contribution in [0.1, 0.15) is 64.5 Å². The number of carboxylic acid groups (broad SMARTS) is 2. The van der Waals surface area contributed by atoms with Crippen molar-refractivity contribution in [2.24, 2.45) is 0 Å². The number of aryl methyl sites for hydroxylation is 1. The Morgan fingerprint density at radius 2 is 1.85 bits per heavy atom. The predicted octanol–water partition coefficient (Wildman–Crippen LogP) is 5.08. The number of benzene rings is 2. The molecule has 0 fully saturated rings. The lowest BCUT2D eigenvalue weighted by Crippen LogP contribution is -2.12. The minimum atomic E-state index is -3.48. The molecule has 1 aliphatic rings. The highest BCUT2D eigenvalue weighted by atomic mass is 35.5. The number of carboxylic acids is 2. The Kier molecular flexibility index (Phi) is 8.62. The van der Waals surface area contributed by atoms with E-state index in [1.807, 2.05) is 12.1 Å². The van der Waals surface area contributed by atoms with Gasteiger partial charge in [-0.1, -0.05) is 23.7 Å². The van der Waals surface area contributed by atoms with Crippen LogP contribution in [0.25, 0.3) is 10.9 Å². The van der Waals surface area contributed by atoms with Gasteiger partial charge in [0.2, 0.25) is 0 Å². The van der Waals surface area contributed by atoms with Gasteiger partial charge in [0.1, 0.15) is 0 Å². The molecule has 5 rings (SSSR count). The molecule has 40 heavy (non-hydrogen) atoms. The van der Waals surface area contributed by atoms with E-state index in [9.17, 15) is 28.2 Å². The van der Waals surface area contributed by atoms with Crippen LogP contribution in [0.3, 0.4) is 0 Å². The SMILES string of the molecule is CC(O)c1cc(S(C)(=O)=O)cc2c3c(n(Cc4ccc(Cl)cc4)c12)[C@@H](CC(=O)O)CC3.O=C(O)c1cccnc1. The van der Waals surface area contributed by atoms with E-state index in [1.54, 1.807) is 31.2 Å². The maximum atomic E-state index is 12.3. The molecule has 1 aliphatic carbocycles. The number of hydrogen-bond acceptors (Lipinski definition) is 6. The number of aromatic carboxylic acids is 1. The number of aromatic nitrogens is 2. The lowest BCUT2D eigenvalue weighted by Gasteiger charge is -2.18. The third-order valence-electron chi connectivity index (χ3n) is 6.90. The molecule has 3 N–H and O–H groups in total. The van der Waals surface area contributed by atoms with Crippen molar-refractivity contribution in [1.82, 2.24) is 9.55 Å². The van der Waals surface area contributed by atoms with E-state index >= 15 is 0 Å². The van der Waals surface area contributed by atoms with Crippen LogP contribution in [0.2, 0.25) is 5.02 Å². The van der Waals surface area contributed by atoms with Crippen LogP contribution in [0.5, 0.6) is 0 Å². The fourth-order valence-corrected chi connectivity index (χ4v) is 5.93. The average Bonchev–Trinajstić information content (AvgIpc) is 3.43. The lowest BCUT2D eigenvalue weighted by molar-refractivity contribution is -0.137. The summed E-state index contributed by atoms with van der Waals surface area (Å²) in [5.41, 5.74) is 4.38. The summed E-state index contributed by atoms with van der Waals surface area (Å²) in [6.45, 7) is 2.08. The Morgan fingerprint density at radius 1 is 1.15 bits per heavy atom. The van der Waals surface area contributed by atoms with Crippen LogP contribution in [0, 0.1) is 0 Å². The fraction of sp³-hybridized carbons (Fsp3) is 0.276. The highest BCUT2D eigenvalue weighted by Gasteiger charge is 2.33. The van der Waals surface area contributed by atoms with Gasteiger partial charge in [0.05, 0.1) is 28.5 Å². The standard InChI is InChI=1S/C23H24ClNO5S.C6H5NO2/c1-13(26)19-10-17(31(2,29)30)11-20-18-8-5-15(9-21(27)28)22(18)25(23(19)20)12-14-3-6-16(24)7-4-14;8-6(9)5-2-1-3-7-4-5/h3-4,6-7,10-11,13,15,26H,5,8-9,12H2,1-2H3,(H,27,28);1-4H,(H,8,9)/t13?,15-;/m1./s1. The molecule has 0 saturated heterocycles. The summed E-state index contributed by atoms with van der Waals surface area (Å²) in [6, 6.07) is 13.7. The summed E-state index contributed by atoms with van der Waals surface area (Å²) in [5.74, 6) is -1.98. The van der Waals surface area contributed by atoms with Gasteiger partial charge < -0.3 is 19.9 Å². The molecule has 2 atom stereocenters. The number of fused-ring (bicyclic) bond motifs is 3. The van der Waals surface area contributed by atoms with Gasteiger partial charge in [-0.05, 0) is 67.3 Å². The number of pyridine rings is 1. The number of aliphatic carboxylic acids is 1. The molecule has 0 bridgehead atoms. The molecule has 0 radical (unpaired) electrons. The van der Waals surface area contributed by atoms with E-state index in [0.717, 1.165) is 34.0 Å². The zero-order valence-electron chi connectivity index (χ0n) is 21.9. The molecule has 0 saturated carbocycles. The zero-order chi connectivity index (χ0) is 29.2. The molecule has 2 aromatic carbocycles. The first-order valence-corrected chi connectivity index (χ1v) is 14.8. The lowest BCUT2D eigenvalue weighted by atomic mass is 10.0. The molecular formula is C29H29ClN2O7S. The van der Waals surface area contributed by atoms with Crippen molar-refractivity contribution >= 4 is 44.3 Å². The van der Waals surface area contributed by atoms with Gasteiger partial charge in [-0.3, -0.25) is 9.78 Å². The number of nitrogens with zero attached hydrogens (tertiary/aromatic N) is 2. The van der Waals surface area contributed by atoms with Gasteiger partial charge >= 0.3 is 11.9 Å². The quantitative estimate of drug-likeness (QED) is 0.272. The van der Waals surface area contributed by atoms with E-state index < -0.39 is 27.9 Å². The number of aliphatic hydroxyl groups is 1. The van der Waals surface area contributed by atoms with E-state index in [4.69, 9.17) is 16.7 Å². The van der Waals surface area contributed by atoms with Gasteiger partial charge in [0.15, 0.2) is 9.84 Å². The van der Waals surface area contributed by atoms with Gasteiger partial charge in [-0.2, -0.15) is 0 Å². The molecule has 1 unspecified atom stereocenters. The van der Waals surface area contributed by atoms with Crippen molar-refractivity contribution in [2.45, 2.75) is 49.6 Å². The predicted molar refractivity (Wildman–Crippen MR) is 151 cm³/mol. The fourth-order valence-electron chi connectivity index (χ4n) is 5.13. The van der Waals surface area contributed by atoms with Crippen LogP contribution < -0.4 is 0 Å². The highest BCUT2D eigenvalue weighted by Crippen LogP contribution is 2.44. The second-order valence-electron chi connectivity index (χ2n) is 9.81. The topological polar surface area (TPSA) is 147 Å². The average molecular weight is 585 g/mol. The normalized spacial score (nSPS) is 15.2. The molecule has 0 aliphatic heterocycles. The number of aliphatic hydroxyl groups excluding tert-OH is 1. The molecule has 2 heterocycles. The summed E-state index contributed by atoms with van der Waals surface area (Å²) >= 11 is 6.03. The van der Waals surface area contributed by atoms with Crippen LogP contribution in [0.15, 0.2) is 65.8 Å².